The van der Waals surface area contributed by atoms with Gasteiger partial charge in [-0.05, 0) is 31.2 Å². The number of alkyl halides is 3. The van der Waals surface area contributed by atoms with Crippen molar-refractivity contribution < 1.29 is 13.2 Å². The maximum Gasteiger partial charge on any atom is 0.416 e. The van der Waals surface area contributed by atoms with Crippen LogP contribution in [-0.4, -0.2) is 4.57 Å². The average Bonchev–Trinajstić information content (AvgIpc) is 2.33. The van der Waals surface area contributed by atoms with Crippen molar-refractivity contribution in [1.29, 1.82) is 0 Å². The number of halogens is 3. The second-order valence-electron chi connectivity index (χ2n) is 4.15. The van der Waals surface area contributed by atoms with Gasteiger partial charge in [-0.2, -0.15) is 13.2 Å². The lowest BCUT2D eigenvalue weighted by atomic mass is 10.2. The number of nitrogens with two attached hydrogens (primary N) is 1. The maximum atomic E-state index is 12.5. The zero-order valence-electron chi connectivity index (χ0n) is 10.0. The fourth-order valence-corrected chi connectivity index (χ4v) is 1.74. The second kappa shape index (κ2) is 4.46. The van der Waals surface area contributed by atoms with E-state index in [1.165, 1.54) is 24.4 Å². The molecule has 0 saturated heterocycles. The molecular formula is C13H11F3N2O. The molecule has 2 rings (SSSR count). The van der Waals surface area contributed by atoms with Gasteiger partial charge in [-0.15, -0.1) is 0 Å². The molecule has 3 nitrogen and oxygen atoms in total. The standard InChI is InChI=1S/C13H11F3N2O/c1-8-6-12(19)11(17)7-18(8)10-4-2-9(3-5-10)13(14,15)16/h2-7H,17H2,1H3. The summed E-state index contributed by atoms with van der Waals surface area (Å²) < 4.78 is 38.9. The number of pyridine rings is 1. The third kappa shape index (κ3) is 2.62. The zero-order chi connectivity index (χ0) is 14.2. The van der Waals surface area contributed by atoms with Crippen molar-refractivity contribution >= 4 is 5.69 Å². The molecule has 0 radical (unpaired) electrons. The highest BCUT2D eigenvalue weighted by Gasteiger charge is 2.29. The van der Waals surface area contributed by atoms with E-state index in [1.54, 1.807) is 11.5 Å². The van der Waals surface area contributed by atoms with Crippen LogP contribution in [0.3, 0.4) is 0 Å². The lowest BCUT2D eigenvalue weighted by Gasteiger charge is -2.13. The number of aromatic nitrogens is 1. The number of nitrogen functional groups attached to an aromatic ring is 1. The topological polar surface area (TPSA) is 48.0 Å². The summed E-state index contributed by atoms with van der Waals surface area (Å²) in [5, 5.41) is 0. The van der Waals surface area contributed by atoms with E-state index in [-0.39, 0.29) is 11.1 Å². The monoisotopic (exact) mass is 268 g/mol. The molecule has 19 heavy (non-hydrogen) atoms. The highest BCUT2D eigenvalue weighted by Crippen LogP contribution is 2.29. The van der Waals surface area contributed by atoms with Crippen molar-refractivity contribution in [3.8, 4) is 5.69 Å². The van der Waals surface area contributed by atoms with E-state index >= 15 is 0 Å². The third-order valence-electron chi connectivity index (χ3n) is 2.75. The lowest BCUT2D eigenvalue weighted by molar-refractivity contribution is -0.137. The number of rotatable bonds is 1. The minimum atomic E-state index is -4.36. The number of hydrogen-bond donors (Lipinski definition) is 1. The first-order valence-corrected chi connectivity index (χ1v) is 5.45. The summed E-state index contributed by atoms with van der Waals surface area (Å²) in [6.07, 6.45) is -2.96. The number of aryl methyl sites for hydroxylation is 1. The molecule has 1 aromatic heterocycles. The Labute approximate surface area is 107 Å². The van der Waals surface area contributed by atoms with Crippen LogP contribution in [0.2, 0.25) is 0 Å². The van der Waals surface area contributed by atoms with Gasteiger partial charge in [0.1, 0.15) is 0 Å². The molecule has 1 aromatic carbocycles. The molecule has 0 fully saturated rings. The van der Waals surface area contributed by atoms with Gasteiger partial charge in [-0.3, -0.25) is 4.79 Å². The third-order valence-corrected chi connectivity index (χ3v) is 2.75. The van der Waals surface area contributed by atoms with Crippen molar-refractivity contribution in [3.05, 3.63) is 58.0 Å². The SMILES string of the molecule is Cc1cc(=O)c(N)cn1-c1ccc(C(F)(F)F)cc1. The van der Waals surface area contributed by atoms with E-state index in [0.717, 1.165) is 12.1 Å². The molecule has 1 heterocycles. The van der Waals surface area contributed by atoms with Crippen LogP contribution >= 0.6 is 0 Å². The summed E-state index contributed by atoms with van der Waals surface area (Å²) in [5.41, 5.74) is 5.64. The predicted octanol–water partition coefficient (Wildman–Crippen LogP) is 2.75. The largest absolute Gasteiger partial charge is 0.416 e. The number of hydrogen-bond acceptors (Lipinski definition) is 2. The number of anilines is 1. The Bertz CT molecular complexity index is 657. The molecule has 100 valence electrons. The maximum absolute atomic E-state index is 12.5. The molecule has 0 amide bonds. The summed E-state index contributed by atoms with van der Waals surface area (Å²) in [6.45, 7) is 1.68. The average molecular weight is 268 g/mol. The molecule has 0 saturated carbocycles. The summed E-state index contributed by atoms with van der Waals surface area (Å²) >= 11 is 0. The van der Waals surface area contributed by atoms with Crippen LogP contribution in [0.4, 0.5) is 18.9 Å². The molecule has 6 heteroatoms. The van der Waals surface area contributed by atoms with Gasteiger partial charge < -0.3 is 10.3 Å². The normalized spacial score (nSPS) is 11.6. The van der Waals surface area contributed by atoms with Gasteiger partial charge in [0.05, 0.1) is 11.3 Å². The minimum Gasteiger partial charge on any atom is -0.394 e. The van der Waals surface area contributed by atoms with E-state index in [4.69, 9.17) is 5.73 Å². The van der Waals surface area contributed by atoms with Gasteiger partial charge in [0.2, 0.25) is 5.43 Å². The van der Waals surface area contributed by atoms with Crippen LogP contribution in [0, 0.1) is 6.92 Å². The smallest absolute Gasteiger partial charge is 0.394 e. The van der Waals surface area contributed by atoms with Crippen molar-refractivity contribution in [1.82, 2.24) is 4.57 Å². The highest BCUT2D eigenvalue weighted by atomic mass is 19.4. The van der Waals surface area contributed by atoms with Crippen molar-refractivity contribution in [3.63, 3.8) is 0 Å². The molecule has 0 bridgehead atoms. The van der Waals surface area contributed by atoms with Crippen molar-refractivity contribution in [2.45, 2.75) is 13.1 Å². The Morgan fingerprint density at radius 1 is 1.16 bits per heavy atom. The van der Waals surface area contributed by atoms with Gasteiger partial charge in [-0.25, -0.2) is 0 Å². The van der Waals surface area contributed by atoms with E-state index in [0.29, 0.717) is 11.4 Å². The minimum absolute atomic E-state index is 0.0468. The predicted molar refractivity (Wildman–Crippen MR) is 66.2 cm³/mol. The molecular weight excluding hydrogens is 257 g/mol. The van der Waals surface area contributed by atoms with Crippen LogP contribution < -0.4 is 11.2 Å². The number of nitrogens with zero attached hydrogens (tertiary/aromatic N) is 1. The summed E-state index contributed by atoms with van der Waals surface area (Å²) in [5.74, 6) is 0. The van der Waals surface area contributed by atoms with E-state index in [1.807, 2.05) is 0 Å². The van der Waals surface area contributed by atoms with Crippen LogP contribution in [0.25, 0.3) is 5.69 Å². The quantitative estimate of drug-likeness (QED) is 0.864. The van der Waals surface area contributed by atoms with Crippen molar-refractivity contribution in [2.75, 3.05) is 5.73 Å². The fraction of sp³-hybridized carbons (Fsp3) is 0.154. The van der Waals surface area contributed by atoms with Gasteiger partial charge in [0.25, 0.3) is 0 Å². The van der Waals surface area contributed by atoms with E-state index in [2.05, 4.69) is 0 Å². The van der Waals surface area contributed by atoms with Gasteiger partial charge in [0.15, 0.2) is 0 Å². The molecule has 0 atom stereocenters. The highest BCUT2D eigenvalue weighted by molar-refractivity contribution is 5.43. The molecule has 0 aliphatic heterocycles. The van der Waals surface area contributed by atoms with Crippen molar-refractivity contribution in [2.24, 2.45) is 0 Å². The van der Waals surface area contributed by atoms with Gasteiger partial charge in [0, 0.05) is 23.6 Å². The Morgan fingerprint density at radius 3 is 2.26 bits per heavy atom. The molecule has 2 aromatic rings. The molecule has 0 aliphatic carbocycles. The summed E-state index contributed by atoms with van der Waals surface area (Å²) in [6, 6.07) is 5.98. The van der Waals surface area contributed by atoms with Crippen LogP contribution in [0.5, 0.6) is 0 Å². The van der Waals surface area contributed by atoms with Crippen LogP contribution in [0.1, 0.15) is 11.3 Å². The number of benzene rings is 1. The summed E-state index contributed by atoms with van der Waals surface area (Å²) in [4.78, 5) is 11.3. The Morgan fingerprint density at radius 2 is 1.74 bits per heavy atom. The zero-order valence-corrected chi connectivity index (χ0v) is 10.0. The van der Waals surface area contributed by atoms with Crippen LogP contribution in [-0.2, 0) is 6.18 Å². The summed E-state index contributed by atoms with van der Waals surface area (Å²) in [7, 11) is 0. The van der Waals surface area contributed by atoms with E-state index in [9.17, 15) is 18.0 Å². The molecule has 0 spiro atoms. The molecule has 0 aliphatic rings. The second-order valence-corrected chi connectivity index (χ2v) is 4.15. The first kappa shape index (κ1) is 13.2. The van der Waals surface area contributed by atoms with Gasteiger partial charge in [-0.1, -0.05) is 0 Å². The molecule has 0 unspecified atom stereocenters. The Hall–Kier alpha value is -2.24. The van der Waals surface area contributed by atoms with Crippen LogP contribution in [0.15, 0.2) is 41.3 Å². The fourth-order valence-electron chi connectivity index (χ4n) is 1.74. The molecule has 2 N–H and O–H groups in total. The first-order chi connectivity index (χ1) is 8.79. The van der Waals surface area contributed by atoms with Gasteiger partial charge >= 0.3 is 6.18 Å². The Balaban J connectivity index is 2.49. The first-order valence-electron chi connectivity index (χ1n) is 5.45. The van der Waals surface area contributed by atoms with E-state index < -0.39 is 11.7 Å². The lowest BCUT2D eigenvalue weighted by Crippen LogP contribution is -2.13. The Kier molecular flexibility index (Phi) is 3.09.